The van der Waals surface area contributed by atoms with E-state index in [0.717, 1.165) is 26.2 Å². The molecular weight excluding hydrogens is 232 g/mol. The summed E-state index contributed by atoms with van der Waals surface area (Å²) in [7, 11) is 0. The molecular formula is C17H23N2+. The molecule has 1 aliphatic heterocycles. The maximum Gasteiger partial charge on any atom is 0.234 e. The molecule has 19 heavy (non-hydrogen) atoms. The summed E-state index contributed by atoms with van der Waals surface area (Å²) in [5, 5.41) is 0. The van der Waals surface area contributed by atoms with Crippen LogP contribution in [0.3, 0.4) is 0 Å². The van der Waals surface area contributed by atoms with Crippen molar-refractivity contribution in [3.05, 3.63) is 59.7 Å². The van der Waals surface area contributed by atoms with Gasteiger partial charge in [-0.25, -0.2) is 0 Å². The molecule has 0 spiro atoms. The minimum absolute atomic E-state index is 1.01. The van der Waals surface area contributed by atoms with E-state index in [2.05, 4.69) is 71.3 Å². The highest BCUT2D eigenvalue weighted by molar-refractivity contribution is 5.50. The minimum Gasteiger partial charge on any atom is -0.260 e. The molecule has 0 aromatic heterocycles. The van der Waals surface area contributed by atoms with Gasteiger partial charge >= 0.3 is 0 Å². The molecule has 1 aliphatic rings. The highest BCUT2D eigenvalue weighted by Gasteiger charge is 2.18. The lowest BCUT2D eigenvalue weighted by Crippen LogP contribution is -2.18. The lowest BCUT2D eigenvalue weighted by atomic mass is 10.2. The Hall–Kier alpha value is -1.83. The molecule has 0 amide bonds. The Bertz CT molecular complexity index is 483. The predicted octanol–water partition coefficient (Wildman–Crippen LogP) is 3.07. The number of hydrogen-bond acceptors (Lipinski definition) is 1. The van der Waals surface area contributed by atoms with E-state index in [1.54, 1.807) is 0 Å². The Morgan fingerprint density at radius 2 is 2.11 bits per heavy atom. The van der Waals surface area contributed by atoms with Crippen molar-refractivity contribution in [3.8, 4) is 0 Å². The fourth-order valence-corrected chi connectivity index (χ4v) is 2.29. The number of benzene rings is 1. The molecule has 0 fully saturated rings. The van der Waals surface area contributed by atoms with E-state index in [-0.39, 0.29) is 0 Å². The van der Waals surface area contributed by atoms with Gasteiger partial charge in [0.05, 0.1) is 0 Å². The first kappa shape index (κ1) is 13.6. The minimum atomic E-state index is 1.01. The van der Waals surface area contributed by atoms with Crippen molar-refractivity contribution in [2.24, 2.45) is 0 Å². The largest absolute Gasteiger partial charge is 0.260 e. The molecule has 0 atom stereocenters. The second-order valence-electron chi connectivity index (χ2n) is 5.08. The molecule has 0 N–H and O–H groups in total. The lowest BCUT2D eigenvalue weighted by molar-refractivity contribution is -0.505. The molecule has 1 aromatic carbocycles. The van der Waals surface area contributed by atoms with Crippen molar-refractivity contribution >= 4 is 6.34 Å². The third-order valence-electron chi connectivity index (χ3n) is 3.26. The van der Waals surface area contributed by atoms with Crippen molar-refractivity contribution in [2.75, 3.05) is 19.6 Å². The molecule has 2 nitrogen and oxygen atoms in total. The van der Waals surface area contributed by atoms with Crippen LogP contribution in [0.15, 0.2) is 54.1 Å². The Kier molecular flexibility index (Phi) is 4.96. The normalized spacial score (nSPS) is 16.2. The number of nitrogens with zero attached hydrogens (tertiary/aromatic N) is 2. The first-order valence-corrected chi connectivity index (χ1v) is 6.93. The van der Waals surface area contributed by atoms with E-state index >= 15 is 0 Å². The van der Waals surface area contributed by atoms with Crippen molar-refractivity contribution in [3.63, 3.8) is 0 Å². The molecule has 1 aromatic rings. The average Bonchev–Trinajstić information content (AvgIpc) is 2.85. The van der Waals surface area contributed by atoms with Crippen molar-refractivity contribution in [1.82, 2.24) is 4.90 Å². The Balaban J connectivity index is 1.90. The Labute approximate surface area is 116 Å². The number of hydrogen-bond donors (Lipinski definition) is 0. The molecule has 0 saturated heterocycles. The first-order chi connectivity index (χ1) is 9.28. The highest BCUT2D eigenvalue weighted by atomic mass is 15.3. The number of rotatable bonds is 5. The first-order valence-electron chi connectivity index (χ1n) is 6.93. The van der Waals surface area contributed by atoms with Gasteiger partial charge in [0.1, 0.15) is 26.2 Å². The van der Waals surface area contributed by atoms with Crippen LogP contribution in [0.2, 0.25) is 0 Å². The summed E-state index contributed by atoms with van der Waals surface area (Å²) in [4.78, 5) is 2.39. The predicted molar refractivity (Wildman–Crippen MR) is 81.5 cm³/mol. The van der Waals surface area contributed by atoms with Crippen molar-refractivity contribution in [1.29, 1.82) is 0 Å². The van der Waals surface area contributed by atoms with Crippen LogP contribution < -0.4 is 0 Å². The molecule has 0 saturated carbocycles. The van der Waals surface area contributed by atoms with E-state index in [4.69, 9.17) is 0 Å². The van der Waals surface area contributed by atoms with E-state index in [1.165, 1.54) is 11.1 Å². The monoisotopic (exact) mass is 255 g/mol. The maximum absolute atomic E-state index is 2.39. The van der Waals surface area contributed by atoms with E-state index < -0.39 is 0 Å². The molecule has 0 aliphatic carbocycles. The fraction of sp³-hybridized carbons (Fsp3) is 0.353. The lowest BCUT2D eigenvalue weighted by Gasteiger charge is -2.05. The zero-order chi connectivity index (χ0) is 13.5. The summed E-state index contributed by atoms with van der Waals surface area (Å²) in [6, 6.07) is 10.7. The van der Waals surface area contributed by atoms with Gasteiger partial charge < -0.3 is 0 Å². The summed E-state index contributed by atoms with van der Waals surface area (Å²) in [5.41, 5.74) is 2.78. The van der Waals surface area contributed by atoms with Crippen LogP contribution in [-0.4, -0.2) is 35.4 Å². The van der Waals surface area contributed by atoms with E-state index in [0.29, 0.717) is 0 Å². The summed E-state index contributed by atoms with van der Waals surface area (Å²) in [6.45, 7) is 8.51. The molecule has 0 unspecified atom stereocenters. The standard InChI is InChI=1S/C17H23N2/c1-3-4-8-16(2)13-18-11-12-19(15-18)14-17-9-6-5-7-10-17/h3-10,15H,11-14H2,1-2H3/q+1/b4-3-,16-8+. The zero-order valence-electron chi connectivity index (χ0n) is 11.9. The van der Waals surface area contributed by atoms with Crippen molar-refractivity contribution in [2.45, 2.75) is 20.4 Å². The molecule has 0 bridgehead atoms. The van der Waals surface area contributed by atoms with Crippen LogP contribution in [0.5, 0.6) is 0 Å². The van der Waals surface area contributed by atoms with Crippen LogP contribution in [-0.2, 0) is 6.54 Å². The van der Waals surface area contributed by atoms with Gasteiger partial charge in [-0.3, -0.25) is 9.48 Å². The van der Waals surface area contributed by atoms with Gasteiger partial charge in [-0.1, -0.05) is 48.6 Å². The summed E-state index contributed by atoms with van der Waals surface area (Å²) < 4.78 is 2.39. The Morgan fingerprint density at radius 1 is 1.32 bits per heavy atom. The summed E-state index contributed by atoms with van der Waals surface area (Å²) in [6.07, 6.45) is 8.62. The van der Waals surface area contributed by atoms with Gasteiger partial charge in [0.25, 0.3) is 0 Å². The smallest absolute Gasteiger partial charge is 0.234 e. The zero-order valence-corrected chi connectivity index (χ0v) is 11.9. The highest BCUT2D eigenvalue weighted by Crippen LogP contribution is 2.06. The van der Waals surface area contributed by atoms with Gasteiger partial charge in [0.15, 0.2) is 0 Å². The van der Waals surface area contributed by atoms with Crippen molar-refractivity contribution < 1.29 is 4.58 Å². The van der Waals surface area contributed by atoms with Gasteiger partial charge in [-0.05, 0) is 25.0 Å². The fourth-order valence-electron chi connectivity index (χ4n) is 2.29. The quantitative estimate of drug-likeness (QED) is 0.579. The maximum atomic E-state index is 2.39. The Morgan fingerprint density at radius 3 is 2.84 bits per heavy atom. The van der Waals surface area contributed by atoms with Crippen LogP contribution in [0.4, 0.5) is 0 Å². The van der Waals surface area contributed by atoms with Gasteiger partial charge in [-0.15, -0.1) is 0 Å². The molecule has 100 valence electrons. The third-order valence-corrected chi connectivity index (χ3v) is 3.26. The topological polar surface area (TPSA) is 6.25 Å². The van der Waals surface area contributed by atoms with Gasteiger partial charge in [0.2, 0.25) is 6.34 Å². The molecule has 1 heterocycles. The molecule has 2 rings (SSSR count). The second-order valence-corrected chi connectivity index (χ2v) is 5.08. The van der Waals surface area contributed by atoms with Crippen LogP contribution in [0.1, 0.15) is 19.4 Å². The average molecular weight is 255 g/mol. The molecule has 0 radical (unpaired) electrons. The SMILES string of the molecule is C/C=C\C=C(/C)C[N+]1=CN(Cc2ccccc2)CC1. The van der Waals surface area contributed by atoms with Crippen LogP contribution >= 0.6 is 0 Å². The van der Waals surface area contributed by atoms with E-state index in [1.807, 2.05) is 6.92 Å². The summed E-state index contributed by atoms with van der Waals surface area (Å²) in [5.74, 6) is 0. The van der Waals surface area contributed by atoms with Crippen LogP contribution in [0, 0.1) is 0 Å². The van der Waals surface area contributed by atoms with Gasteiger partial charge in [0, 0.05) is 0 Å². The third kappa shape index (κ3) is 4.40. The molecule has 2 heteroatoms. The number of allylic oxidation sites excluding steroid dienone is 3. The van der Waals surface area contributed by atoms with E-state index in [9.17, 15) is 0 Å². The van der Waals surface area contributed by atoms with Crippen LogP contribution in [0.25, 0.3) is 0 Å². The summed E-state index contributed by atoms with van der Waals surface area (Å²) >= 11 is 0. The van der Waals surface area contributed by atoms with Gasteiger partial charge in [-0.2, -0.15) is 0 Å². The second kappa shape index (κ2) is 6.93.